The molecule has 3 aromatic rings. The van der Waals surface area contributed by atoms with E-state index < -0.39 is 11.4 Å². The number of pyridine rings is 1. The summed E-state index contributed by atoms with van der Waals surface area (Å²) in [6.07, 6.45) is 3.60. The summed E-state index contributed by atoms with van der Waals surface area (Å²) in [6, 6.07) is 9.17. The second-order valence-electron chi connectivity index (χ2n) is 6.40. The molecule has 0 fully saturated rings. The number of anilines is 1. The Morgan fingerprint density at radius 2 is 2.00 bits per heavy atom. The Kier molecular flexibility index (Phi) is 5.46. The third-order valence-corrected chi connectivity index (χ3v) is 4.07. The Morgan fingerprint density at radius 1 is 1.26 bits per heavy atom. The molecule has 0 atom stereocenters. The van der Waals surface area contributed by atoms with Gasteiger partial charge in [-0.2, -0.15) is 4.98 Å². The van der Waals surface area contributed by atoms with E-state index in [1.807, 2.05) is 44.4 Å². The maximum atomic E-state index is 12.5. The highest BCUT2D eigenvalue weighted by molar-refractivity contribution is 5.92. The highest BCUT2D eigenvalue weighted by Crippen LogP contribution is 2.17. The van der Waals surface area contributed by atoms with Crippen LogP contribution < -0.4 is 10.7 Å². The fourth-order valence-electron chi connectivity index (χ4n) is 2.73. The van der Waals surface area contributed by atoms with Crippen molar-refractivity contribution in [2.24, 2.45) is 0 Å². The van der Waals surface area contributed by atoms with Gasteiger partial charge in [-0.15, -0.1) is 0 Å². The van der Waals surface area contributed by atoms with Crippen LogP contribution in [0.1, 0.15) is 16.8 Å². The van der Waals surface area contributed by atoms with Gasteiger partial charge in [0, 0.05) is 24.6 Å². The van der Waals surface area contributed by atoms with E-state index in [1.54, 1.807) is 4.57 Å². The molecule has 1 aromatic carbocycles. The molecule has 0 bridgehead atoms. The number of para-hydroxylation sites is 1. The molecule has 140 valence electrons. The van der Waals surface area contributed by atoms with Gasteiger partial charge < -0.3 is 19.9 Å². The number of hydrogen-bond acceptors (Lipinski definition) is 6. The van der Waals surface area contributed by atoms with Crippen LogP contribution in [-0.2, 0) is 0 Å². The first kappa shape index (κ1) is 18.5. The van der Waals surface area contributed by atoms with E-state index in [4.69, 9.17) is 0 Å². The number of carboxylic acid groups (broad SMARTS) is 1. The lowest BCUT2D eigenvalue weighted by molar-refractivity contribution is 0.0695. The molecule has 0 unspecified atom stereocenters. The summed E-state index contributed by atoms with van der Waals surface area (Å²) in [5, 5.41) is 12.7. The number of rotatable bonds is 7. The Balaban J connectivity index is 2.07. The number of carboxylic acids is 1. The third-order valence-electron chi connectivity index (χ3n) is 4.07. The van der Waals surface area contributed by atoms with E-state index in [2.05, 4.69) is 20.2 Å². The predicted molar refractivity (Wildman–Crippen MR) is 104 cm³/mol. The smallest absolute Gasteiger partial charge is 0.341 e. The molecule has 0 spiro atoms. The Labute approximate surface area is 156 Å². The van der Waals surface area contributed by atoms with Crippen molar-refractivity contribution in [1.82, 2.24) is 19.4 Å². The van der Waals surface area contributed by atoms with Gasteiger partial charge in [-0.25, -0.2) is 9.78 Å². The van der Waals surface area contributed by atoms with E-state index in [9.17, 15) is 14.7 Å². The average Bonchev–Trinajstić information content (AvgIpc) is 2.66. The van der Waals surface area contributed by atoms with Crippen LogP contribution in [0.25, 0.3) is 16.7 Å². The standard InChI is InChI=1S/C19H21N5O3/c1-23(2)10-6-9-20-19-21-11-14-16(25)15(18(26)27)12-24(17(14)22-19)13-7-4-3-5-8-13/h3-5,7-8,11-12H,6,9-10H2,1-2H3,(H,26,27)(H,20,21,22). The van der Waals surface area contributed by atoms with Crippen molar-refractivity contribution in [3.8, 4) is 5.69 Å². The predicted octanol–water partition coefficient (Wildman–Crippen LogP) is 1.84. The molecule has 0 saturated heterocycles. The Morgan fingerprint density at radius 3 is 2.67 bits per heavy atom. The van der Waals surface area contributed by atoms with Crippen LogP contribution in [0.5, 0.6) is 0 Å². The summed E-state index contributed by atoms with van der Waals surface area (Å²) in [5.41, 5.74) is 0.161. The van der Waals surface area contributed by atoms with Gasteiger partial charge in [-0.3, -0.25) is 4.79 Å². The highest BCUT2D eigenvalue weighted by Gasteiger charge is 2.17. The van der Waals surface area contributed by atoms with Gasteiger partial charge >= 0.3 is 5.97 Å². The van der Waals surface area contributed by atoms with Crippen molar-refractivity contribution >= 4 is 23.0 Å². The summed E-state index contributed by atoms with van der Waals surface area (Å²) >= 11 is 0. The molecule has 0 radical (unpaired) electrons. The molecular formula is C19H21N5O3. The topological polar surface area (TPSA) is 100 Å². The summed E-state index contributed by atoms with van der Waals surface area (Å²) in [4.78, 5) is 34.7. The lowest BCUT2D eigenvalue weighted by Gasteiger charge is -2.13. The molecule has 2 heterocycles. The van der Waals surface area contributed by atoms with Crippen molar-refractivity contribution in [1.29, 1.82) is 0 Å². The summed E-state index contributed by atoms with van der Waals surface area (Å²) in [5.74, 6) is -0.883. The van der Waals surface area contributed by atoms with Gasteiger partial charge in [-0.05, 0) is 39.2 Å². The average molecular weight is 367 g/mol. The van der Waals surface area contributed by atoms with Crippen LogP contribution in [0, 0.1) is 0 Å². The SMILES string of the molecule is CN(C)CCCNc1ncc2c(=O)c(C(=O)O)cn(-c3ccccc3)c2n1. The zero-order valence-electron chi connectivity index (χ0n) is 15.2. The third kappa shape index (κ3) is 4.12. The first-order valence-corrected chi connectivity index (χ1v) is 8.57. The number of hydrogen-bond donors (Lipinski definition) is 2. The molecule has 0 aliphatic rings. The maximum Gasteiger partial charge on any atom is 0.341 e. The molecule has 0 aliphatic carbocycles. The molecular weight excluding hydrogens is 346 g/mol. The van der Waals surface area contributed by atoms with Gasteiger partial charge in [0.05, 0.1) is 5.39 Å². The van der Waals surface area contributed by atoms with Crippen LogP contribution in [0.15, 0.2) is 47.5 Å². The van der Waals surface area contributed by atoms with Gasteiger partial charge in [-0.1, -0.05) is 18.2 Å². The quantitative estimate of drug-likeness (QED) is 0.615. The van der Waals surface area contributed by atoms with Crippen molar-refractivity contribution in [2.45, 2.75) is 6.42 Å². The van der Waals surface area contributed by atoms with Gasteiger partial charge in [0.25, 0.3) is 0 Å². The molecule has 8 nitrogen and oxygen atoms in total. The monoisotopic (exact) mass is 367 g/mol. The zero-order chi connectivity index (χ0) is 19.4. The molecule has 2 N–H and O–H groups in total. The van der Waals surface area contributed by atoms with E-state index in [-0.39, 0.29) is 10.9 Å². The summed E-state index contributed by atoms with van der Waals surface area (Å²) in [7, 11) is 4.01. The second-order valence-corrected chi connectivity index (χ2v) is 6.40. The van der Waals surface area contributed by atoms with E-state index >= 15 is 0 Å². The fourth-order valence-corrected chi connectivity index (χ4v) is 2.73. The first-order chi connectivity index (χ1) is 13.0. The molecule has 3 rings (SSSR count). The van der Waals surface area contributed by atoms with Crippen LogP contribution in [0.2, 0.25) is 0 Å². The van der Waals surface area contributed by atoms with Gasteiger partial charge in [0.2, 0.25) is 11.4 Å². The van der Waals surface area contributed by atoms with Crippen LogP contribution in [-0.4, -0.2) is 57.7 Å². The minimum absolute atomic E-state index is 0.164. The number of aromatic carboxylic acids is 1. The largest absolute Gasteiger partial charge is 0.477 e. The number of fused-ring (bicyclic) bond motifs is 1. The van der Waals surface area contributed by atoms with E-state index in [0.717, 1.165) is 13.0 Å². The Hall–Kier alpha value is -3.26. The van der Waals surface area contributed by atoms with E-state index in [1.165, 1.54) is 12.4 Å². The molecule has 0 aliphatic heterocycles. The van der Waals surface area contributed by atoms with Gasteiger partial charge in [0.15, 0.2) is 5.65 Å². The molecule has 0 amide bonds. The minimum atomic E-state index is -1.28. The lowest BCUT2D eigenvalue weighted by Crippen LogP contribution is -2.20. The number of carbonyl (C=O) groups is 1. The highest BCUT2D eigenvalue weighted by atomic mass is 16.4. The van der Waals surface area contributed by atoms with Crippen molar-refractivity contribution < 1.29 is 9.90 Å². The normalized spacial score (nSPS) is 11.1. The van der Waals surface area contributed by atoms with Crippen molar-refractivity contribution in [3.05, 3.63) is 58.5 Å². The lowest BCUT2D eigenvalue weighted by atomic mass is 10.2. The number of aromatic nitrogens is 3. The number of nitrogens with one attached hydrogen (secondary N) is 1. The molecule has 2 aromatic heterocycles. The van der Waals surface area contributed by atoms with Crippen LogP contribution in [0.4, 0.5) is 5.95 Å². The maximum absolute atomic E-state index is 12.5. The van der Waals surface area contributed by atoms with Gasteiger partial charge in [0.1, 0.15) is 5.56 Å². The minimum Gasteiger partial charge on any atom is -0.477 e. The van der Waals surface area contributed by atoms with Crippen LogP contribution in [0.3, 0.4) is 0 Å². The molecule has 0 saturated carbocycles. The number of nitrogens with zero attached hydrogens (tertiary/aromatic N) is 4. The summed E-state index contributed by atoms with van der Waals surface area (Å²) < 4.78 is 1.60. The second kappa shape index (κ2) is 7.96. The fraction of sp³-hybridized carbons (Fsp3) is 0.263. The molecule has 27 heavy (non-hydrogen) atoms. The molecule has 8 heteroatoms. The summed E-state index contributed by atoms with van der Waals surface area (Å²) in [6.45, 7) is 1.61. The van der Waals surface area contributed by atoms with Crippen LogP contribution >= 0.6 is 0 Å². The van der Waals surface area contributed by atoms with Crippen molar-refractivity contribution in [3.63, 3.8) is 0 Å². The number of benzene rings is 1. The Bertz CT molecular complexity index is 1020. The first-order valence-electron chi connectivity index (χ1n) is 8.57. The zero-order valence-corrected chi connectivity index (χ0v) is 15.2. The van der Waals surface area contributed by atoms with E-state index in [0.29, 0.717) is 23.8 Å². The van der Waals surface area contributed by atoms with Crippen molar-refractivity contribution in [2.75, 3.05) is 32.5 Å².